The van der Waals surface area contributed by atoms with Crippen LogP contribution in [-0.4, -0.2) is 19.2 Å². The summed E-state index contributed by atoms with van der Waals surface area (Å²) >= 11 is 6.98. The van der Waals surface area contributed by atoms with Crippen LogP contribution in [-0.2, 0) is 17.8 Å². The van der Waals surface area contributed by atoms with Gasteiger partial charge in [0, 0.05) is 4.47 Å². The van der Waals surface area contributed by atoms with Gasteiger partial charge in [0.25, 0.3) is 0 Å². The molecule has 0 saturated heterocycles. The van der Waals surface area contributed by atoms with Gasteiger partial charge in [-0.3, -0.25) is 4.79 Å². The van der Waals surface area contributed by atoms with E-state index in [4.69, 9.17) is 9.47 Å². The molecule has 0 atom stereocenters. The first kappa shape index (κ1) is 24.0. The molecule has 0 heterocycles. The van der Waals surface area contributed by atoms with Gasteiger partial charge in [0.2, 0.25) is 5.91 Å². The Morgan fingerprint density at radius 3 is 2.56 bits per heavy atom. The number of fused-ring (bicyclic) bond motifs is 1. The quantitative estimate of drug-likeness (QED) is 0.187. The maximum atomic E-state index is 12.4. The van der Waals surface area contributed by atoms with Gasteiger partial charge in [0.1, 0.15) is 6.61 Å². The number of hydrazone groups is 1. The molecule has 1 N–H and O–H groups in total. The number of ether oxygens (including phenoxy) is 2. The Morgan fingerprint density at radius 2 is 1.76 bits per heavy atom. The van der Waals surface area contributed by atoms with E-state index in [1.54, 1.807) is 13.3 Å². The normalized spacial score (nSPS) is 11.0. The minimum absolute atomic E-state index is 0.187. The highest BCUT2D eigenvalue weighted by molar-refractivity contribution is 9.10. The Bertz CT molecular complexity index is 1330. The molecule has 172 valence electrons. The van der Waals surface area contributed by atoms with E-state index in [9.17, 15) is 4.79 Å². The number of carbonyl (C=O) groups excluding carboxylic acids is 1. The Labute approximate surface area is 215 Å². The fourth-order valence-electron chi connectivity index (χ4n) is 3.53. The molecule has 0 spiro atoms. The van der Waals surface area contributed by atoms with Crippen LogP contribution in [0.3, 0.4) is 0 Å². The van der Waals surface area contributed by atoms with Crippen molar-refractivity contribution in [3.05, 3.63) is 104 Å². The zero-order valence-corrected chi connectivity index (χ0v) is 21.6. The number of halogens is 2. The van der Waals surface area contributed by atoms with Crippen LogP contribution in [0, 0.1) is 0 Å². The summed E-state index contributed by atoms with van der Waals surface area (Å²) < 4.78 is 13.2. The molecule has 4 rings (SSSR count). The van der Waals surface area contributed by atoms with Crippen molar-refractivity contribution in [2.24, 2.45) is 5.10 Å². The van der Waals surface area contributed by atoms with Gasteiger partial charge in [0.15, 0.2) is 11.5 Å². The molecule has 0 radical (unpaired) electrons. The molecule has 7 heteroatoms. The topological polar surface area (TPSA) is 59.9 Å². The lowest BCUT2D eigenvalue weighted by atomic mass is 10.0. The SMILES string of the molecule is COc1cc(/C=N\NC(=O)Cc2cccc3ccccc23)cc(Br)c1OCc1ccc(Br)cc1. The average molecular weight is 582 g/mol. The molecule has 0 aliphatic carbocycles. The van der Waals surface area contributed by atoms with Crippen LogP contribution in [0.25, 0.3) is 10.8 Å². The zero-order chi connectivity index (χ0) is 23.9. The smallest absolute Gasteiger partial charge is 0.244 e. The first-order valence-electron chi connectivity index (χ1n) is 10.6. The number of amides is 1. The first-order chi connectivity index (χ1) is 16.5. The molecule has 4 aromatic rings. The van der Waals surface area contributed by atoms with Gasteiger partial charge in [-0.2, -0.15) is 5.10 Å². The monoisotopic (exact) mass is 580 g/mol. The van der Waals surface area contributed by atoms with Gasteiger partial charge in [-0.25, -0.2) is 5.43 Å². The number of hydrogen-bond acceptors (Lipinski definition) is 4. The zero-order valence-electron chi connectivity index (χ0n) is 18.4. The van der Waals surface area contributed by atoms with Crippen LogP contribution in [0.5, 0.6) is 11.5 Å². The highest BCUT2D eigenvalue weighted by atomic mass is 79.9. The van der Waals surface area contributed by atoms with Gasteiger partial charge in [-0.05, 0) is 67.7 Å². The third kappa shape index (κ3) is 6.04. The van der Waals surface area contributed by atoms with E-state index in [2.05, 4.69) is 42.4 Å². The number of nitrogens with zero attached hydrogens (tertiary/aromatic N) is 1. The van der Waals surface area contributed by atoms with E-state index in [0.717, 1.165) is 36.4 Å². The lowest BCUT2D eigenvalue weighted by molar-refractivity contribution is -0.120. The van der Waals surface area contributed by atoms with Crippen molar-refractivity contribution in [2.75, 3.05) is 7.11 Å². The van der Waals surface area contributed by atoms with Crippen molar-refractivity contribution in [1.82, 2.24) is 5.43 Å². The lowest BCUT2D eigenvalue weighted by Crippen LogP contribution is -2.19. The van der Waals surface area contributed by atoms with Crippen molar-refractivity contribution in [3.8, 4) is 11.5 Å². The fourth-order valence-corrected chi connectivity index (χ4v) is 4.37. The van der Waals surface area contributed by atoms with Crippen LogP contribution in [0.15, 0.2) is 92.9 Å². The molecular formula is C27H22Br2N2O3. The lowest BCUT2D eigenvalue weighted by Gasteiger charge is -2.13. The summed E-state index contributed by atoms with van der Waals surface area (Å²) in [6, 6.07) is 25.6. The standard InChI is InChI=1S/C27H22Br2N2O3/c1-33-25-14-19(13-24(29)27(25)34-17-18-9-11-22(28)12-10-18)16-30-31-26(32)15-21-7-4-6-20-5-2-3-8-23(20)21/h2-14,16H,15,17H2,1H3,(H,31,32)/b30-16-. The molecule has 4 aromatic carbocycles. The molecule has 0 fully saturated rings. The summed E-state index contributed by atoms with van der Waals surface area (Å²) in [6.45, 7) is 0.403. The number of nitrogens with one attached hydrogen (secondary N) is 1. The van der Waals surface area contributed by atoms with Crippen LogP contribution < -0.4 is 14.9 Å². The van der Waals surface area contributed by atoms with E-state index >= 15 is 0 Å². The van der Waals surface area contributed by atoms with Crippen molar-refractivity contribution >= 4 is 54.8 Å². The van der Waals surface area contributed by atoms with E-state index in [0.29, 0.717) is 18.1 Å². The average Bonchev–Trinajstić information content (AvgIpc) is 2.84. The summed E-state index contributed by atoms with van der Waals surface area (Å²) in [5.41, 5.74) is 5.36. The first-order valence-corrected chi connectivity index (χ1v) is 12.2. The minimum Gasteiger partial charge on any atom is -0.493 e. The Balaban J connectivity index is 1.40. The molecule has 0 aliphatic heterocycles. The number of rotatable bonds is 8. The molecule has 0 saturated carbocycles. The van der Waals surface area contributed by atoms with Crippen LogP contribution in [0.1, 0.15) is 16.7 Å². The number of hydrogen-bond donors (Lipinski definition) is 1. The van der Waals surface area contributed by atoms with Crippen molar-refractivity contribution in [1.29, 1.82) is 0 Å². The number of benzene rings is 4. The second kappa shape index (κ2) is 11.3. The maximum absolute atomic E-state index is 12.4. The van der Waals surface area contributed by atoms with Gasteiger partial charge >= 0.3 is 0 Å². The highest BCUT2D eigenvalue weighted by Gasteiger charge is 2.12. The predicted octanol–water partition coefficient (Wildman–Crippen LogP) is 6.65. The summed E-state index contributed by atoms with van der Waals surface area (Å²) in [7, 11) is 1.58. The highest BCUT2D eigenvalue weighted by Crippen LogP contribution is 2.37. The van der Waals surface area contributed by atoms with E-state index in [1.165, 1.54) is 0 Å². The summed E-state index contributed by atoms with van der Waals surface area (Å²) in [6.07, 6.45) is 1.82. The molecule has 0 bridgehead atoms. The van der Waals surface area contributed by atoms with Crippen LogP contribution >= 0.6 is 31.9 Å². The number of methoxy groups -OCH3 is 1. The van der Waals surface area contributed by atoms with Crippen molar-refractivity contribution in [2.45, 2.75) is 13.0 Å². The predicted molar refractivity (Wildman–Crippen MR) is 143 cm³/mol. The van der Waals surface area contributed by atoms with E-state index < -0.39 is 0 Å². The van der Waals surface area contributed by atoms with Crippen LogP contribution in [0.2, 0.25) is 0 Å². The van der Waals surface area contributed by atoms with Crippen LogP contribution in [0.4, 0.5) is 0 Å². The molecule has 0 unspecified atom stereocenters. The Kier molecular flexibility index (Phi) is 7.98. The van der Waals surface area contributed by atoms with Gasteiger partial charge in [-0.15, -0.1) is 0 Å². The maximum Gasteiger partial charge on any atom is 0.244 e. The van der Waals surface area contributed by atoms with Gasteiger partial charge < -0.3 is 9.47 Å². The van der Waals surface area contributed by atoms with Crippen molar-refractivity contribution < 1.29 is 14.3 Å². The fraction of sp³-hybridized carbons (Fsp3) is 0.111. The third-order valence-electron chi connectivity index (χ3n) is 5.18. The molecule has 0 aliphatic rings. The Morgan fingerprint density at radius 1 is 1.00 bits per heavy atom. The summed E-state index contributed by atoms with van der Waals surface area (Å²) in [5, 5.41) is 6.29. The molecule has 34 heavy (non-hydrogen) atoms. The number of carbonyl (C=O) groups is 1. The molecule has 5 nitrogen and oxygen atoms in total. The van der Waals surface area contributed by atoms with Crippen molar-refractivity contribution in [3.63, 3.8) is 0 Å². The Hall–Kier alpha value is -3.16. The second-order valence-corrected chi connectivity index (χ2v) is 9.33. The van der Waals surface area contributed by atoms with Gasteiger partial charge in [0.05, 0.1) is 24.2 Å². The third-order valence-corrected chi connectivity index (χ3v) is 6.30. The summed E-state index contributed by atoms with van der Waals surface area (Å²) in [4.78, 5) is 12.4. The summed E-state index contributed by atoms with van der Waals surface area (Å²) in [5.74, 6) is 0.977. The molecule has 0 aromatic heterocycles. The minimum atomic E-state index is -0.187. The largest absolute Gasteiger partial charge is 0.493 e. The van der Waals surface area contributed by atoms with E-state index in [-0.39, 0.29) is 12.3 Å². The van der Waals surface area contributed by atoms with E-state index in [1.807, 2.05) is 78.9 Å². The molecule has 1 amide bonds. The second-order valence-electron chi connectivity index (χ2n) is 7.56. The molecular weight excluding hydrogens is 560 g/mol. The van der Waals surface area contributed by atoms with Gasteiger partial charge in [-0.1, -0.05) is 70.5 Å².